The summed E-state index contributed by atoms with van der Waals surface area (Å²) >= 11 is 1.25. The van der Waals surface area contributed by atoms with Gasteiger partial charge in [-0.15, -0.1) is 10.2 Å². The second-order valence-electron chi connectivity index (χ2n) is 5.23. The third-order valence-corrected chi connectivity index (χ3v) is 5.33. The number of rotatable bonds is 5. The number of primary sulfonamides is 1. The number of hydrogen-bond donors (Lipinski definition) is 2. The number of benzene rings is 1. The van der Waals surface area contributed by atoms with E-state index in [1.165, 1.54) is 30.0 Å². The summed E-state index contributed by atoms with van der Waals surface area (Å²) in [6.45, 7) is 1.73. The average molecular weight is 377 g/mol. The maximum Gasteiger partial charge on any atom is 0.238 e. The van der Waals surface area contributed by atoms with Gasteiger partial charge in [-0.2, -0.15) is 0 Å². The second kappa shape index (κ2) is 6.82. The van der Waals surface area contributed by atoms with Gasteiger partial charge in [0.15, 0.2) is 10.8 Å². The van der Waals surface area contributed by atoms with Crippen LogP contribution in [0.4, 0.5) is 5.69 Å². The number of nitrogens with two attached hydrogens (primary N) is 1. The summed E-state index contributed by atoms with van der Waals surface area (Å²) in [4.78, 5) is 12.3. The molecule has 0 spiro atoms. The van der Waals surface area contributed by atoms with Crippen LogP contribution in [-0.4, -0.2) is 34.2 Å². The lowest BCUT2D eigenvalue weighted by molar-refractivity contribution is -0.115. The van der Waals surface area contributed by atoms with Crippen molar-refractivity contribution in [3.63, 3.8) is 0 Å². The van der Waals surface area contributed by atoms with Crippen molar-refractivity contribution in [2.45, 2.75) is 22.2 Å². The van der Waals surface area contributed by atoms with Gasteiger partial charge in [0.25, 0.3) is 0 Å². The number of aromatic nitrogens is 3. The van der Waals surface area contributed by atoms with Crippen LogP contribution in [0.25, 0.3) is 5.65 Å². The van der Waals surface area contributed by atoms with Crippen molar-refractivity contribution in [2.24, 2.45) is 5.14 Å². The summed E-state index contributed by atoms with van der Waals surface area (Å²) in [7, 11) is -3.82. The molecule has 0 aliphatic heterocycles. The minimum absolute atomic E-state index is 0.0611. The Hall–Kier alpha value is -2.43. The normalized spacial score (nSPS) is 12.9. The molecule has 10 heteroatoms. The van der Waals surface area contributed by atoms with Crippen LogP contribution < -0.4 is 10.5 Å². The predicted octanol–water partition coefficient (Wildman–Crippen LogP) is 1.50. The van der Waals surface area contributed by atoms with E-state index in [1.807, 2.05) is 24.4 Å². The quantitative estimate of drug-likeness (QED) is 0.650. The van der Waals surface area contributed by atoms with E-state index >= 15 is 0 Å². The second-order valence-corrected chi connectivity index (χ2v) is 8.10. The molecule has 0 saturated carbocycles. The molecule has 1 aromatic carbocycles. The van der Waals surface area contributed by atoms with Crippen molar-refractivity contribution < 1.29 is 13.2 Å². The molecular formula is C15H15N5O3S2. The first kappa shape index (κ1) is 17.4. The molecule has 0 radical (unpaired) electrons. The van der Waals surface area contributed by atoms with Gasteiger partial charge in [-0.1, -0.05) is 23.9 Å². The van der Waals surface area contributed by atoms with Gasteiger partial charge in [-0.3, -0.25) is 9.20 Å². The third-order valence-electron chi connectivity index (χ3n) is 3.36. The summed E-state index contributed by atoms with van der Waals surface area (Å²) in [5, 5.41) is 16.0. The number of hydrogen-bond acceptors (Lipinski definition) is 6. The van der Waals surface area contributed by atoms with Gasteiger partial charge in [0.05, 0.1) is 10.1 Å². The maximum atomic E-state index is 12.4. The number of amides is 1. The van der Waals surface area contributed by atoms with Crippen LogP contribution in [0.5, 0.6) is 0 Å². The maximum absolute atomic E-state index is 12.4. The molecule has 0 unspecified atom stereocenters. The highest BCUT2D eigenvalue weighted by Gasteiger charge is 2.18. The lowest BCUT2D eigenvalue weighted by Crippen LogP contribution is -2.23. The first-order valence-electron chi connectivity index (χ1n) is 7.25. The Balaban J connectivity index is 1.73. The lowest BCUT2D eigenvalue weighted by atomic mass is 10.3. The molecule has 3 aromatic rings. The molecule has 25 heavy (non-hydrogen) atoms. The molecule has 1 atom stereocenters. The van der Waals surface area contributed by atoms with Crippen LogP contribution in [0.1, 0.15) is 6.92 Å². The number of carbonyl (C=O) groups excluding carboxylic acids is 1. The molecule has 3 N–H and O–H groups in total. The number of nitrogens with one attached hydrogen (secondary N) is 1. The molecule has 0 aliphatic rings. The van der Waals surface area contributed by atoms with E-state index in [4.69, 9.17) is 5.14 Å². The van der Waals surface area contributed by atoms with Crippen LogP contribution in [0.3, 0.4) is 0 Å². The topological polar surface area (TPSA) is 119 Å². The Morgan fingerprint density at radius 1 is 1.24 bits per heavy atom. The molecular weight excluding hydrogens is 362 g/mol. The Kier molecular flexibility index (Phi) is 4.75. The molecule has 3 rings (SSSR count). The fourth-order valence-electron chi connectivity index (χ4n) is 2.11. The zero-order chi connectivity index (χ0) is 18.0. The predicted molar refractivity (Wildman–Crippen MR) is 94.8 cm³/mol. The fraction of sp³-hybridized carbons (Fsp3) is 0.133. The van der Waals surface area contributed by atoms with Crippen molar-refractivity contribution in [3.05, 3.63) is 48.7 Å². The third kappa shape index (κ3) is 3.98. The number of pyridine rings is 1. The number of sulfonamides is 1. The van der Waals surface area contributed by atoms with Gasteiger partial charge in [0, 0.05) is 11.9 Å². The highest BCUT2D eigenvalue weighted by Crippen LogP contribution is 2.23. The summed E-state index contributed by atoms with van der Waals surface area (Å²) in [5.41, 5.74) is 1.05. The fourth-order valence-corrected chi connectivity index (χ4v) is 3.50. The van der Waals surface area contributed by atoms with E-state index in [0.717, 1.165) is 0 Å². The molecule has 0 aliphatic carbocycles. The van der Waals surface area contributed by atoms with Gasteiger partial charge >= 0.3 is 0 Å². The molecule has 0 bridgehead atoms. The van der Waals surface area contributed by atoms with Crippen molar-refractivity contribution in [1.82, 2.24) is 14.6 Å². The van der Waals surface area contributed by atoms with Crippen molar-refractivity contribution in [2.75, 3.05) is 5.32 Å². The van der Waals surface area contributed by atoms with Crippen LogP contribution in [0.15, 0.2) is 58.7 Å². The smallest absolute Gasteiger partial charge is 0.238 e. The Bertz CT molecular complexity index is 1030. The van der Waals surface area contributed by atoms with Crippen LogP contribution in [0, 0.1) is 0 Å². The average Bonchev–Trinajstić information content (AvgIpc) is 2.97. The van der Waals surface area contributed by atoms with Crippen LogP contribution in [0.2, 0.25) is 0 Å². The number of carbonyl (C=O) groups is 1. The minimum atomic E-state index is -3.82. The first-order chi connectivity index (χ1) is 11.8. The molecule has 130 valence electrons. The van der Waals surface area contributed by atoms with E-state index < -0.39 is 15.3 Å². The van der Waals surface area contributed by atoms with Gasteiger partial charge in [0.2, 0.25) is 15.9 Å². The Morgan fingerprint density at radius 2 is 2.04 bits per heavy atom. The molecule has 0 fully saturated rings. The van der Waals surface area contributed by atoms with Gasteiger partial charge < -0.3 is 5.32 Å². The van der Waals surface area contributed by atoms with Gasteiger partial charge in [-0.25, -0.2) is 13.6 Å². The number of thioether (sulfide) groups is 1. The zero-order valence-electron chi connectivity index (χ0n) is 13.2. The molecule has 8 nitrogen and oxygen atoms in total. The Morgan fingerprint density at radius 3 is 2.80 bits per heavy atom. The SMILES string of the molecule is C[C@@H](Sc1nnc2ccccn12)C(=O)Nc1cccc(S(N)(=O)=O)c1. The molecule has 2 aromatic heterocycles. The van der Waals surface area contributed by atoms with E-state index in [-0.39, 0.29) is 10.8 Å². The summed E-state index contributed by atoms with van der Waals surface area (Å²) in [6.07, 6.45) is 1.82. The van der Waals surface area contributed by atoms with E-state index in [2.05, 4.69) is 15.5 Å². The van der Waals surface area contributed by atoms with E-state index in [0.29, 0.717) is 16.5 Å². The molecule has 1 amide bonds. The summed E-state index contributed by atoms with van der Waals surface area (Å²) in [6, 6.07) is 11.3. The zero-order valence-corrected chi connectivity index (χ0v) is 14.8. The van der Waals surface area contributed by atoms with Crippen molar-refractivity contribution in [1.29, 1.82) is 0 Å². The number of anilines is 1. The van der Waals surface area contributed by atoms with Crippen molar-refractivity contribution >= 4 is 39.0 Å². The number of fused-ring (bicyclic) bond motifs is 1. The van der Waals surface area contributed by atoms with Gasteiger partial charge in [0.1, 0.15) is 0 Å². The lowest BCUT2D eigenvalue weighted by Gasteiger charge is -2.11. The van der Waals surface area contributed by atoms with Crippen LogP contribution in [-0.2, 0) is 14.8 Å². The van der Waals surface area contributed by atoms with Crippen molar-refractivity contribution in [3.8, 4) is 0 Å². The minimum Gasteiger partial charge on any atom is -0.325 e. The standard InChI is InChI=1S/C15H15N5O3S2/c1-10(24-15-19-18-13-7-2-3-8-20(13)15)14(21)17-11-5-4-6-12(9-11)25(16,22)23/h2-10H,1H3,(H,17,21)(H2,16,22,23)/t10-/m1/s1. The van der Waals surface area contributed by atoms with E-state index in [9.17, 15) is 13.2 Å². The summed E-state index contributed by atoms with van der Waals surface area (Å²) in [5.74, 6) is -0.288. The largest absolute Gasteiger partial charge is 0.325 e. The number of nitrogens with zero attached hydrogens (tertiary/aromatic N) is 3. The van der Waals surface area contributed by atoms with E-state index in [1.54, 1.807) is 17.4 Å². The highest BCUT2D eigenvalue weighted by atomic mass is 32.2. The molecule has 2 heterocycles. The first-order valence-corrected chi connectivity index (χ1v) is 9.67. The van der Waals surface area contributed by atoms with Crippen LogP contribution >= 0.6 is 11.8 Å². The van der Waals surface area contributed by atoms with Gasteiger partial charge in [-0.05, 0) is 37.3 Å². The monoisotopic (exact) mass is 377 g/mol. The highest BCUT2D eigenvalue weighted by molar-refractivity contribution is 8.00. The Labute approximate surface area is 148 Å². The molecule has 0 saturated heterocycles. The summed E-state index contributed by atoms with van der Waals surface area (Å²) < 4.78 is 24.6.